The van der Waals surface area contributed by atoms with Crippen LogP contribution < -0.4 is 14.9 Å². The van der Waals surface area contributed by atoms with Gasteiger partial charge in [-0.25, -0.2) is 0 Å². The van der Waals surface area contributed by atoms with Gasteiger partial charge in [0.15, 0.2) is 15.8 Å². The second-order valence-electron chi connectivity index (χ2n) is 11.8. The van der Waals surface area contributed by atoms with E-state index < -0.39 is 39.4 Å². The lowest BCUT2D eigenvalue weighted by Gasteiger charge is -2.55. The summed E-state index contributed by atoms with van der Waals surface area (Å²) in [5, 5.41) is 12.6. The number of ether oxygens (including phenoxy) is 2. The molecule has 1 N–H and O–H groups in total. The highest BCUT2D eigenvalue weighted by Gasteiger charge is 2.55. The number of alkyl halides is 3. The molecule has 232 valence electrons. The number of hydrazine groups is 1. The van der Waals surface area contributed by atoms with E-state index in [2.05, 4.69) is 5.43 Å². The lowest BCUT2D eigenvalue weighted by Crippen LogP contribution is -2.57. The van der Waals surface area contributed by atoms with Gasteiger partial charge < -0.3 is 9.47 Å². The number of thioether (sulfide) groups is 1. The van der Waals surface area contributed by atoms with Crippen molar-refractivity contribution >= 4 is 51.9 Å². The van der Waals surface area contributed by atoms with E-state index >= 15 is 0 Å². The largest absolute Gasteiger partial charge is 0.490 e. The van der Waals surface area contributed by atoms with E-state index in [0.717, 1.165) is 42.1 Å². The van der Waals surface area contributed by atoms with Crippen molar-refractivity contribution in [1.82, 2.24) is 10.4 Å². The maximum Gasteiger partial charge on any atom is 0.416 e. The summed E-state index contributed by atoms with van der Waals surface area (Å²) in [6, 6.07) is 6.53. The smallest absolute Gasteiger partial charge is 0.416 e. The van der Waals surface area contributed by atoms with Gasteiger partial charge in [0.1, 0.15) is 0 Å². The highest BCUT2D eigenvalue weighted by atomic mass is 32.2. The van der Waals surface area contributed by atoms with Gasteiger partial charge in [0.2, 0.25) is 11.7 Å². The molecule has 9 nitrogen and oxygen atoms in total. The number of carbonyl (C=O) groups excluding carboxylic acids is 2. The molecule has 4 saturated carbocycles. The summed E-state index contributed by atoms with van der Waals surface area (Å²) in [5.41, 5.74) is 0.843. The molecule has 0 aromatic heterocycles. The quantitative estimate of drug-likeness (QED) is 0.138. The zero-order valence-corrected chi connectivity index (χ0v) is 25.2. The van der Waals surface area contributed by atoms with Crippen molar-refractivity contribution in [3.63, 3.8) is 0 Å². The van der Waals surface area contributed by atoms with Crippen LogP contribution in [0.4, 0.5) is 18.9 Å². The van der Waals surface area contributed by atoms with Gasteiger partial charge in [-0.15, -0.1) is 0 Å². The molecule has 0 unspecified atom stereocenters. The van der Waals surface area contributed by atoms with Crippen molar-refractivity contribution in [2.75, 3.05) is 6.61 Å². The van der Waals surface area contributed by atoms with Crippen LogP contribution in [0.15, 0.2) is 41.3 Å². The number of carbonyl (C=O) groups is 2. The standard InChI is InChI=1S/C30H28F3N3O6S2/c1-2-41-24-10-16(3-5-23(24)42-22-6-4-20(30(31,32)33)12-21(22)36(39)40)11-25-26(37)35(28(43)44-25)34-27(38)29-13-17-7-18(14-29)9-19(8-17)15-29/h3-6,10-12,17-19H,2,7-9,13-15H2,1H3,(H,34,38)/b25-11+. The molecule has 1 aliphatic heterocycles. The Morgan fingerprint density at radius 2 is 1.75 bits per heavy atom. The van der Waals surface area contributed by atoms with Crippen LogP contribution >= 0.6 is 24.0 Å². The first-order valence-electron chi connectivity index (χ1n) is 14.2. The monoisotopic (exact) mass is 647 g/mol. The summed E-state index contributed by atoms with van der Waals surface area (Å²) in [6.45, 7) is 1.89. The van der Waals surface area contributed by atoms with Crippen LogP contribution in [0.25, 0.3) is 6.08 Å². The fourth-order valence-corrected chi connectivity index (χ4v) is 8.51. The van der Waals surface area contributed by atoms with Crippen molar-refractivity contribution in [1.29, 1.82) is 0 Å². The van der Waals surface area contributed by atoms with E-state index in [1.54, 1.807) is 19.1 Å². The van der Waals surface area contributed by atoms with Gasteiger partial charge in [-0.1, -0.05) is 17.8 Å². The molecular weight excluding hydrogens is 619 g/mol. The molecule has 0 spiro atoms. The second kappa shape index (κ2) is 11.4. The number of nitrogens with one attached hydrogen (secondary N) is 1. The summed E-state index contributed by atoms with van der Waals surface area (Å²) < 4.78 is 50.8. The Kier molecular flexibility index (Phi) is 7.85. The molecule has 1 heterocycles. The van der Waals surface area contributed by atoms with E-state index in [1.165, 1.54) is 31.4 Å². The molecule has 2 amide bonds. The Morgan fingerprint density at radius 1 is 1.11 bits per heavy atom. The average Bonchev–Trinajstić information content (AvgIpc) is 3.20. The summed E-state index contributed by atoms with van der Waals surface area (Å²) in [7, 11) is 0. The van der Waals surface area contributed by atoms with Gasteiger partial charge in [-0.2, -0.15) is 18.2 Å². The molecule has 14 heteroatoms. The Labute approximate surface area is 260 Å². The normalized spacial score (nSPS) is 26.8. The van der Waals surface area contributed by atoms with Crippen LogP contribution in [0.2, 0.25) is 0 Å². The molecule has 5 aliphatic rings. The predicted molar refractivity (Wildman–Crippen MR) is 160 cm³/mol. The van der Waals surface area contributed by atoms with Crippen molar-refractivity contribution < 1.29 is 37.2 Å². The molecule has 0 radical (unpaired) electrons. The fraction of sp³-hybridized carbons (Fsp3) is 0.433. The van der Waals surface area contributed by atoms with Gasteiger partial charge in [0.05, 0.1) is 27.4 Å². The number of amides is 2. The van der Waals surface area contributed by atoms with Crippen molar-refractivity contribution in [3.05, 3.63) is 62.5 Å². The molecule has 4 aliphatic carbocycles. The van der Waals surface area contributed by atoms with E-state index in [1.807, 2.05) is 0 Å². The van der Waals surface area contributed by atoms with Gasteiger partial charge >= 0.3 is 11.9 Å². The summed E-state index contributed by atoms with van der Waals surface area (Å²) in [5.74, 6) is 0.874. The van der Waals surface area contributed by atoms with Gasteiger partial charge in [0.25, 0.3) is 5.91 Å². The number of benzene rings is 2. The third-order valence-corrected chi connectivity index (χ3v) is 10.1. The van der Waals surface area contributed by atoms with E-state index in [9.17, 15) is 32.9 Å². The van der Waals surface area contributed by atoms with Crippen LogP contribution in [0.3, 0.4) is 0 Å². The molecule has 5 fully saturated rings. The molecule has 2 aromatic rings. The van der Waals surface area contributed by atoms with Crippen molar-refractivity contribution in [2.24, 2.45) is 23.2 Å². The number of nitrogens with zero attached hydrogens (tertiary/aromatic N) is 2. The molecule has 4 bridgehead atoms. The number of hydrogen-bond donors (Lipinski definition) is 1. The highest BCUT2D eigenvalue weighted by molar-refractivity contribution is 8.26. The number of rotatable bonds is 8. The van der Waals surface area contributed by atoms with Crippen molar-refractivity contribution in [2.45, 2.75) is 51.6 Å². The Hall–Kier alpha value is -3.65. The summed E-state index contributed by atoms with van der Waals surface area (Å²) in [6.07, 6.45) is 2.91. The van der Waals surface area contributed by atoms with E-state index in [-0.39, 0.29) is 33.2 Å². The van der Waals surface area contributed by atoms with Gasteiger partial charge in [-0.05, 0) is 111 Å². The lowest BCUT2D eigenvalue weighted by atomic mass is 9.49. The van der Waals surface area contributed by atoms with Crippen molar-refractivity contribution in [3.8, 4) is 17.2 Å². The molecule has 7 rings (SSSR count). The Bertz CT molecular complexity index is 1560. The first-order chi connectivity index (χ1) is 20.8. The molecule has 2 aromatic carbocycles. The van der Waals surface area contributed by atoms with Gasteiger partial charge in [-0.3, -0.25) is 25.1 Å². The third kappa shape index (κ3) is 5.76. The van der Waals surface area contributed by atoms with Crippen LogP contribution in [0.5, 0.6) is 17.2 Å². The van der Waals surface area contributed by atoms with Crippen LogP contribution in [0.1, 0.15) is 56.6 Å². The highest BCUT2D eigenvalue weighted by Crippen LogP contribution is 2.60. The maximum atomic E-state index is 13.5. The average molecular weight is 648 g/mol. The zero-order valence-electron chi connectivity index (χ0n) is 23.5. The summed E-state index contributed by atoms with van der Waals surface area (Å²) in [4.78, 5) is 37.7. The number of hydrogen-bond acceptors (Lipinski definition) is 8. The number of thiocarbonyl (C=S) groups is 1. The molecular formula is C30H28F3N3O6S2. The number of halogens is 3. The molecule has 0 atom stereocenters. The molecule has 44 heavy (non-hydrogen) atoms. The number of nitro benzene ring substituents is 1. The van der Waals surface area contributed by atoms with E-state index in [0.29, 0.717) is 35.4 Å². The van der Waals surface area contributed by atoms with Crippen LogP contribution in [-0.2, 0) is 15.8 Å². The minimum atomic E-state index is -4.76. The fourth-order valence-electron chi connectivity index (χ4n) is 7.33. The minimum Gasteiger partial charge on any atom is -0.490 e. The van der Waals surface area contributed by atoms with Gasteiger partial charge in [0, 0.05) is 6.07 Å². The first kappa shape index (κ1) is 30.4. The Morgan fingerprint density at radius 3 is 2.34 bits per heavy atom. The summed E-state index contributed by atoms with van der Waals surface area (Å²) >= 11 is 6.49. The number of nitro groups is 1. The molecule has 1 saturated heterocycles. The van der Waals surface area contributed by atoms with E-state index in [4.69, 9.17) is 21.7 Å². The first-order valence-corrected chi connectivity index (χ1v) is 15.5. The lowest BCUT2D eigenvalue weighted by molar-refractivity contribution is -0.385. The Balaban J connectivity index is 1.20. The second-order valence-corrected chi connectivity index (χ2v) is 13.5. The maximum absolute atomic E-state index is 13.5. The SMILES string of the molecule is CCOc1cc(/C=C2/SC(=S)N(NC(=O)C34CC5CC(CC(C5)C3)C4)C2=O)ccc1Oc1ccc(C(F)(F)F)cc1[N+](=O)[O-]. The predicted octanol–water partition coefficient (Wildman–Crippen LogP) is 7.25. The third-order valence-electron chi connectivity index (χ3n) is 8.80. The minimum absolute atomic E-state index is 0.0299. The topological polar surface area (TPSA) is 111 Å². The van der Waals surface area contributed by atoms with Crippen LogP contribution in [0, 0.1) is 33.3 Å². The van der Waals surface area contributed by atoms with Crippen LogP contribution in [-0.4, -0.2) is 32.7 Å². The zero-order chi connectivity index (χ0) is 31.4.